The lowest BCUT2D eigenvalue weighted by molar-refractivity contribution is -0.117. The lowest BCUT2D eigenvalue weighted by Gasteiger charge is -2.41. The molecule has 1 saturated heterocycles. The smallest absolute Gasteiger partial charge is 0.246 e. The van der Waals surface area contributed by atoms with Gasteiger partial charge in [-0.25, -0.2) is 0 Å². The summed E-state index contributed by atoms with van der Waals surface area (Å²) < 4.78 is 0. The summed E-state index contributed by atoms with van der Waals surface area (Å²) >= 11 is 0. The zero-order valence-corrected chi connectivity index (χ0v) is 17.6. The molecule has 0 unspecified atom stereocenters. The molecule has 0 bridgehead atoms. The number of benzene rings is 1. The van der Waals surface area contributed by atoms with Crippen molar-refractivity contribution >= 4 is 17.6 Å². The summed E-state index contributed by atoms with van der Waals surface area (Å²) in [5, 5.41) is 6.61. The molecule has 3 rings (SSSR count). The van der Waals surface area contributed by atoms with Gasteiger partial charge in [-0.3, -0.25) is 14.7 Å². The SMILES string of the molecule is CN=C(NCC(=O)N1CCCc2ccccc21)NCC(C)(C)N1CCCCC1. The van der Waals surface area contributed by atoms with Crippen molar-refractivity contribution in [2.45, 2.75) is 51.5 Å². The highest BCUT2D eigenvalue weighted by Gasteiger charge is 2.28. The molecule has 1 aromatic rings. The number of amides is 1. The molecule has 28 heavy (non-hydrogen) atoms. The molecule has 0 saturated carbocycles. The first kappa shape index (κ1) is 20.6. The van der Waals surface area contributed by atoms with Gasteiger partial charge in [0.25, 0.3) is 0 Å². The topological polar surface area (TPSA) is 60.0 Å². The van der Waals surface area contributed by atoms with Crippen molar-refractivity contribution in [3.05, 3.63) is 29.8 Å². The predicted molar refractivity (Wildman–Crippen MR) is 116 cm³/mol. The summed E-state index contributed by atoms with van der Waals surface area (Å²) in [6, 6.07) is 8.20. The third-order valence-corrected chi connectivity index (χ3v) is 5.94. The largest absolute Gasteiger partial charge is 0.355 e. The number of carbonyl (C=O) groups is 1. The molecule has 6 nitrogen and oxygen atoms in total. The van der Waals surface area contributed by atoms with Crippen LogP contribution in [0.25, 0.3) is 0 Å². The highest BCUT2D eigenvalue weighted by Crippen LogP contribution is 2.26. The molecule has 2 N–H and O–H groups in total. The molecule has 0 aliphatic carbocycles. The number of hydrogen-bond acceptors (Lipinski definition) is 3. The van der Waals surface area contributed by atoms with E-state index in [1.807, 2.05) is 23.1 Å². The van der Waals surface area contributed by atoms with Gasteiger partial charge >= 0.3 is 0 Å². The van der Waals surface area contributed by atoms with Crippen molar-refractivity contribution in [1.29, 1.82) is 0 Å². The van der Waals surface area contributed by atoms with Crippen LogP contribution in [0, 0.1) is 0 Å². The monoisotopic (exact) mass is 385 g/mol. The molecule has 1 aromatic carbocycles. The lowest BCUT2D eigenvalue weighted by Crippen LogP contribution is -2.55. The van der Waals surface area contributed by atoms with Crippen LogP contribution in [-0.4, -0.2) is 62.1 Å². The standard InChI is InChI=1S/C22H35N5O/c1-22(2,26-13-7-4-8-14-26)17-25-21(23-3)24-16-20(28)27-15-9-11-18-10-5-6-12-19(18)27/h5-6,10,12H,4,7-9,11,13-17H2,1-3H3,(H2,23,24,25). The van der Waals surface area contributed by atoms with Gasteiger partial charge in [0.15, 0.2) is 5.96 Å². The van der Waals surface area contributed by atoms with E-state index in [-0.39, 0.29) is 18.0 Å². The summed E-state index contributed by atoms with van der Waals surface area (Å²) in [6.45, 7) is 8.70. The fourth-order valence-corrected chi connectivity index (χ4v) is 4.18. The molecule has 6 heteroatoms. The fraction of sp³-hybridized carbons (Fsp3) is 0.636. The number of aliphatic imine (C=N–C) groups is 1. The predicted octanol–water partition coefficient (Wildman–Crippen LogP) is 2.40. The first-order chi connectivity index (χ1) is 13.5. The molecule has 0 radical (unpaired) electrons. The highest BCUT2D eigenvalue weighted by molar-refractivity contribution is 5.98. The van der Waals surface area contributed by atoms with Gasteiger partial charge in [0, 0.05) is 31.4 Å². The van der Waals surface area contributed by atoms with E-state index in [1.165, 1.54) is 24.8 Å². The van der Waals surface area contributed by atoms with Gasteiger partial charge in [0.05, 0.1) is 6.54 Å². The molecule has 1 amide bonds. The Balaban J connectivity index is 1.51. The third kappa shape index (κ3) is 5.04. The van der Waals surface area contributed by atoms with Gasteiger partial charge in [-0.1, -0.05) is 24.6 Å². The van der Waals surface area contributed by atoms with Crippen LogP contribution in [-0.2, 0) is 11.2 Å². The number of piperidine rings is 1. The number of fused-ring (bicyclic) bond motifs is 1. The van der Waals surface area contributed by atoms with Crippen LogP contribution in [0.1, 0.15) is 45.1 Å². The number of para-hydroxylation sites is 1. The molecule has 2 aliphatic heterocycles. The van der Waals surface area contributed by atoms with E-state index < -0.39 is 0 Å². The summed E-state index contributed by atoms with van der Waals surface area (Å²) in [6.07, 6.45) is 5.96. The summed E-state index contributed by atoms with van der Waals surface area (Å²) in [5.41, 5.74) is 2.37. The lowest BCUT2D eigenvalue weighted by atomic mass is 9.98. The molecular weight excluding hydrogens is 350 g/mol. The summed E-state index contributed by atoms with van der Waals surface area (Å²) in [7, 11) is 1.75. The molecule has 0 aromatic heterocycles. The van der Waals surface area contributed by atoms with E-state index in [9.17, 15) is 4.79 Å². The van der Waals surface area contributed by atoms with Gasteiger partial charge in [0.2, 0.25) is 5.91 Å². The normalized spacial score (nSPS) is 18.5. The Morgan fingerprint density at radius 1 is 1.07 bits per heavy atom. The maximum absolute atomic E-state index is 12.8. The molecule has 154 valence electrons. The number of guanidine groups is 1. The average molecular weight is 386 g/mol. The molecular formula is C22H35N5O. The Labute approximate surface area is 169 Å². The number of rotatable bonds is 5. The second kappa shape index (κ2) is 9.41. The minimum atomic E-state index is 0.0634. The van der Waals surface area contributed by atoms with Crippen LogP contribution in [0.3, 0.4) is 0 Å². The van der Waals surface area contributed by atoms with Crippen molar-refractivity contribution < 1.29 is 4.79 Å². The number of nitrogens with one attached hydrogen (secondary N) is 2. The van der Waals surface area contributed by atoms with Crippen molar-refractivity contribution in [1.82, 2.24) is 15.5 Å². The number of likely N-dealkylation sites (tertiary alicyclic amines) is 1. The van der Waals surface area contributed by atoms with Gasteiger partial charge in [0.1, 0.15) is 0 Å². The maximum Gasteiger partial charge on any atom is 0.246 e. The molecule has 2 aliphatic rings. The second-order valence-corrected chi connectivity index (χ2v) is 8.42. The Bertz CT molecular complexity index is 694. The summed E-state index contributed by atoms with van der Waals surface area (Å²) in [5.74, 6) is 0.772. The van der Waals surface area contributed by atoms with Gasteiger partial charge in [-0.15, -0.1) is 0 Å². The third-order valence-electron chi connectivity index (χ3n) is 5.94. The second-order valence-electron chi connectivity index (χ2n) is 8.42. The summed E-state index contributed by atoms with van der Waals surface area (Å²) in [4.78, 5) is 21.6. The van der Waals surface area contributed by atoms with E-state index in [4.69, 9.17) is 0 Å². The Kier molecular flexibility index (Phi) is 6.94. The minimum Gasteiger partial charge on any atom is -0.355 e. The quantitative estimate of drug-likeness (QED) is 0.604. The molecule has 0 spiro atoms. The van der Waals surface area contributed by atoms with Crippen LogP contribution in [0.2, 0.25) is 0 Å². The number of nitrogens with zero attached hydrogens (tertiary/aromatic N) is 3. The van der Waals surface area contributed by atoms with E-state index in [2.05, 4.69) is 40.4 Å². The fourth-order valence-electron chi connectivity index (χ4n) is 4.18. The number of anilines is 1. The minimum absolute atomic E-state index is 0.0634. The zero-order valence-electron chi connectivity index (χ0n) is 17.6. The van der Waals surface area contributed by atoms with E-state index in [1.54, 1.807) is 7.05 Å². The first-order valence-corrected chi connectivity index (χ1v) is 10.6. The van der Waals surface area contributed by atoms with Crippen LogP contribution < -0.4 is 15.5 Å². The zero-order chi connectivity index (χ0) is 20.0. The van der Waals surface area contributed by atoms with Gasteiger partial charge < -0.3 is 15.5 Å². The van der Waals surface area contributed by atoms with Crippen molar-refractivity contribution in [3.8, 4) is 0 Å². The van der Waals surface area contributed by atoms with Gasteiger partial charge in [-0.05, 0) is 64.3 Å². The maximum atomic E-state index is 12.8. The number of aryl methyl sites for hydroxylation is 1. The van der Waals surface area contributed by atoms with E-state index in [0.29, 0.717) is 5.96 Å². The Hall–Kier alpha value is -2.08. The molecule has 1 fully saturated rings. The Morgan fingerprint density at radius 3 is 2.57 bits per heavy atom. The first-order valence-electron chi connectivity index (χ1n) is 10.6. The average Bonchev–Trinajstić information content (AvgIpc) is 2.74. The van der Waals surface area contributed by atoms with E-state index in [0.717, 1.165) is 44.7 Å². The highest BCUT2D eigenvalue weighted by atomic mass is 16.2. The molecule has 2 heterocycles. The van der Waals surface area contributed by atoms with Crippen LogP contribution in [0.5, 0.6) is 0 Å². The number of hydrogen-bond donors (Lipinski definition) is 2. The van der Waals surface area contributed by atoms with E-state index >= 15 is 0 Å². The Morgan fingerprint density at radius 2 is 1.82 bits per heavy atom. The molecule has 0 atom stereocenters. The van der Waals surface area contributed by atoms with Crippen molar-refractivity contribution in [2.75, 3.05) is 44.7 Å². The van der Waals surface area contributed by atoms with Crippen LogP contribution >= 0.6 is 0 Å². The van der Waals surface area contributed by atoms with Crippen LogP contribution in [0.15, 0.2) is 29.3 Å². The van der Waals surface area contributed by atoms with Crippen molar-refractivity contribution in [3.63, 3.8) is 0 Å². The van der Waals surface area contributed by atoms with Crippen molar-refractivity contribution in [2.24, 2.45) is 4.99 Å². The van der Waals surface area contributed by atoms with Gasteiger partial charge in [-0.2, -0.15) is 0 Å². The number of carbonyl (C=O) groups excluding carboxylic acids is 1. The van der Waals surface area contributed by atoms with Crippen LogP contribution in [0.4, 0.5) is 5.69 Å².